The van der Waals surface area contributed by atoms with E-state index in [4.69, 9.17) is 0 Å². The Kier molecular flexibility index (Phi) is 5.31. The molecule has 0 radical (unpaired) electrons. The van der Waals surface area contributed by atoms with Crippen molar-refractivity contribution in [3.05, 3.63) is 65.5 Å². The summed E-state index contributed by atoms with van der Waals surface area (Å²) in [6.07, 6.45) is 3.00. The van der Waals surface area contributed by atoms with Gasteiger partial charge in [0.15, 0.2) is 0 Å². The Labute approximate surface area is 122 Å². The largest absolute Gasteiger partial charge is 0.304 e. The molecule has 1 atom stereocenters. The van der Waals surface area contributed by atoms with Gasteiger partial charge in [-0.2, -0.15) is 0 Å². The van der Waals surface area contributed by atoms with Crippen molar-refractivity contribution in [2.24, 2.45) is 5.92 Å². The highest BCUT2D eigenvalue weighted by Crippen LogP contribution is 2.21. The maximum absolute atomic E-state index is 4.46. The molecular formula is C18H24N2. The first-order valence-corrected chi connectivity index (χ1v) is 7.35. The van der Waals surface area contributed by atoms with Crippen LogP contribution in [-0.4, -0.2) is 4.98 Å². The van der Waals surface area contributed by atoms with Gasteiger partial charge in [-0.05, 0) is 36.5 Å². The van der Waals surface area contributed by atoms with Crippen LogP contribution in [0.15, 0.2) is 48.7 Å². The van der Waals surface area contributed by atoms with E-state index in [1.807, 2.05) is 12.3 Å². The quantitative estimate of drug-likeness (QED) is 0.846. The molecule has 1 unspecified atom stereocenters. The van der Waals surface area contributed by atoms with Crippen LogP contribution in [0.25, 0.3) is 0 Å². The van der Waals surface area contributed by atoms with Gasteiger partial charge >= 0.3 is 0 Å². The minimum absolute atomic E-state index is 0.387. The van der Waals surface area contributed by atoms with Crippen LogP contribution in [0.3, 0.4) is 0 Å². The fourth-order valence-corrected chi connectivity index (χ4v) is 2.42. The second kappa shape index (κ2) is 7.20. The highest BCUT2D eigenvalue weighted by Gasteiger charge is 2.13. The molecule has 2 aromatic rings. The van der Waals surface area contributed by atoms with Crippen LogP contribution in [0.1, 0.15) is 43.1 Å². The number of aromatic nitrogens is 1. The van der Waals surface area contributed by atoms with E-state index in [0.717, 1.165) is 18.7 Å². The third-order valence-electron chi connectivity index (χ3n) is 3.54. The SMILES string of the molecule is Cc1cccnc1CNC(CC(C)C)c1ccccc1. The normalized spacial score (nSPS) is 12.6. The van der Waals surface area contributed by atoms with Gasteiger partial charge in [-0.1, -0.05) is 50.2 Å². The van der Waals surface area contributed by atoms with E-state index in [0.29, 0.717) is 12.0 Å². The van der Waals surface area contributed by atoms with Gasteiger partial charge in [-0.15, -0.1) is 0 Å². The van der Waals surface area contributed by atoms with Gasteiger partial charge in [0.1, 0.15) is 0 Å². The average molecular weight is 268 g/mol. The molecule has 0 aliphatic carbocycles. The van der Waals surface area contributed by atoms with Gasteiger partial charge in [0, 0.05) is 18.8 Å². The Morgan fingerprint density at radius 3 is 2.45 bits per heavy atom. The third kappa shape index (κ3) is 4.17. The van der Waals surface area contributed by atoms with E-state index in [2.05, 4.69) is 67.5 Å². The molecule has 2 rings (SSSR count). The second-order valence-electron chi connectivity index (χ2n) is 5.74. The van der Waals surface area contributed by atoms with E-state index < -0.39 is 0 Å². The molecule has 0 amide bonds. The van der Waals surface area contributed by atoms with Gasteiger partial charge in [-0.25, -0.2) is 0 Å². The van der Waals surface area contributed by atoms with Gasteiger partial charge in [-0.3, -0.25) is 4.98 Å². The maximum Gasteiger partial charge on any atom is 0.0570 e. The highest BCUT2D eigenvalue weighted by molar-refractivity contribution is 5.21. The summed E-state index contributed by atoms with van der Waals surface area (Å²) in [7, 11) is 0. The zero-order valence-electron chi connectivity index (χ0n) is 12.6. The lowest BCUT2D eigenvalue weighted by molar-refractivity contribution is 0.426. The molecule has 0 bridgehead atoms. The number of nitrogens with one attached hydrogen (secondary N) is 1. The molecule has 1 N–H and O–H groups in total. The summed E-state index contributed by atoms with van der Waals surface area (Å²) in [6, 6.07) is 15.2. The lowest BCUT2D eigenvalue weighted by Crippen LogP contribution is -2.23. The topological polar surface area (TPSA) is 24.9 Å². The van der Waals surface area contributed by atoms with Gasteiger partial charge < -0.3 is 5.32 Å². The summed E-state index contributed by atoms with van der Waals surface area (Å²) < 4.78 is 0. The van der Waals surface area contributed by atoms with Crippen LogP contribution >= 0.6 is 0 Å². The Morgan fingerprint density at radius 1 is 1.05 bits per heavy atom. The summed E-state index contributed by atoms with van der Waals surface area (Å²) >= 11 is 0. The molecular weight excluding hydrogens is 244 g/mol. The monoisotopic (exact) mass is 268 g/mol. The van der Waals surface area contributed by atoms with Crippen molar-refractivity contribution in [2.75, 3.05) is 0 Å². The molecule has 20 heavy (non-hydrogen) atoms. The lowest BCUT2D eigenvalue weighted by Gasteiger charge is -2.21. The average Bonchev–Trinajstić information content (AvgIpc) is 2.45. The first-order chi connectivity index (χ1) is 9.66. The molecule has 106 valence electrons. The fraction of sp³-hybridized carbons (Fsp3) is 0.389. The van der Waals surface area contributed by atoms with Crippen LogP contribution in [0.5, 0.6) is 0 Å². The van der Waals surface area contributed by atoms with Crippen molar-refractivity contribution < 1.29 is 0 Å². The van der Waals surface area contributed by atoms with E-state index >= 15 is 0 Å². The van der Waals surface area contributed by atoms with E-state index in [-0.39, 0.29) is 0 Å². The van der Waals surface area contributed by atoms with Crippen molar-refractivity contribution in [3.8, 4) is 0 Å². The molecule has 0 fully saturated rings. The number of aryl methyl sites for hydroxylation is 1. The number of benzene rings is 1. The van der Waals surface area contributed by atoms with Crippen molar-refractivity contribution in [1.29, 1.82) is 0 Å². The molecule has 1 aromatic carbocycles. The van der Waals surface area contributed by atoms with E-state index in [9.17, 15) is 0 Å². The van der Waals surface area contributed by atoms with Gasteiger partial charge in [0.05, 0.1) is 5.69 Å². The number of hydrogen-bond acceptors (Lipinski definition) is 2. The molecule has 0 spiro atoms. The standard InChI is InChI=1S/C18H24N2/c1-14(2)12-17(16-9-5-4-6-10-16)20-13-18-15(3)8-7-11-19-18/h4-11,14,17,20H,12-13H2,1-3H3. The Hall–Kier alpha value is -1.67. The molecule has 0 saturated heterocycles. The molecule has 0 aliphatic rings. The number of pyridine rings is 1. The number of rotatable bonds is 6. The van der Waals surface area contributed by atoms with Crippen molar-refractivity contribution in [3.63, 3.8) is 0 Å². The summed E-state index contributed by atoms with van der Waals surface area (Å²) in [5, 5.41) is 3.66. The van der Waals surface area contributed by atoms with Crippen molar-refractivity contribution in [2.45, 2.75) is 39.8 Å². The fourth-order valence-electron chi connectivity index (χ4n) is 2.42. The Balaban J connectivity index is 2.07. The van der Waals surface area contributed by atoms with Gasteiger partial charge in [0.2, 0.25) is 0 Å². The number of nitrogens with zero attached hydrogens (tertiary/aromatic N) is 1. The highest BCUT2D eigenvalue weighted by atomic mass is 14.9. The first-order valence-electron chi connectivity index (χ1n) is 7.35. The molecule has 0 aliphatic heterocycles. The van der Waals surface area contributed by atoms with Crippen LogP contribution < -0.4 is 5.32 Å². The minimum Gasteiger partial charge on any atom is -0.304 e. The van der Waals surface area contributed by atoms with Crippen LogP contribution in [-0.2, 0) is 6.54 Å². The van der Waals surface area contributed by atoms with Gasteiger partial charge in [0.25, 0.3) is 0 Å². The van der Waals surface area contributed by atoms with Crippen molar-refractivity contribution >= 4 is 0 Å². The van der Waals surface area contributed by atoms with Crippen LogP contribution in [0.4, 0.5) is 0 Å². The predicted molar refractivity (Wildman–Crippen MR) is 84.5 cm³/mol. The first kappa shape index (κ1) is 14.7. The van der Waals surface area contributed by atoms with E-state index in [1.54, 1.807) is 0 Å². The minimum atomic E-state index is 0.387. The molecule has 1 heterocycles. The Morgan fingerprint density at radius 2 is 1.80 bits per heavy atom. The molecule has 1 aromatic heterocycles. The Bertz CT molecular complexity index is 520. The molecule has 2 nitrogen and oxygen atoms in total. The molecule has 0 saturated carbocycles. The second-order valence-corrected chi connectivity index (χ2v) is 5.74. The summed E-state index contributed by atoms with van der Waals surface area (Å²) in [5.41, 5.74) is 3.74. The summed E-state index contributed by atoms with van der Waals surface area (Å²) in [6.45, 7) is 7.47. The zero-order chi connectivity index (χ0) is 14.4. The lowest BCUT2D eigenvalue weighted by atomic mass is 9.97. The smallest absolute Gasteiger partial charge is 0.0570 e. The van der Waals surface area contributed by atoms with Crippen LogP contribution in [0, 0.1) is 12.8 Å². The maximum atomic E-state index is 4.46. The predicted octanol–water partition coefficient (Wildman–Crippen LogP) is 4.27. The zero-order valence-corrected chi connectivity index (χ0v) is 12.6. The summed E-state index contributed by atoms with van der Waals surface area (Å²) in [4.78, 5) is 4.46. The van der Waals surface area contributed by atoms with E-state index in [1.165, 1.54) is 11.1 Å². The summed E-state index contributed by atoms with van der Waals surface area (Å²) in [5.74, 6) is 0.664. The molecule has 2 heteroatoms. The van der Waals surface area contributed by atoms with Crippen molar-refractivity contribution in [1.82, 2.24) is 10.3 Å². The van der Waals surface area contributed by atoms with Crippen LogP contribution in [0.2, 0.25) is 0 Å². The number of hydrogen-bond donors (Lipinski definition) is 1. The third-order valence-corrected chi connectivity index (χ3v) is 3.54.